The summed E-state index contributed by atoms with van der Waals surface area (Å²) in [7, 11) is 0. The van der Waals surface area contributed by atoms with Crippen LogP contribution >= 0.6 is 0 Å². The summed E-state index contributed by atoms with van der Waals surface area (Å²) in [5.74, 6) is -0.622. The predicted octanol–water partition coefficient (Wildman–Crippen LogP) is 4.07. The summed E-state index contributed by atoms with van der Waals surface area (Å²) in [5, 5.41) is 8.97. The fourth-order valence-corrected chi connectivity index (χ4v) is 1.88. The Morgan fingerprint density at radius 3 is 2.74 bits per heavy atom. The molecule has 1 rings (SSSR count). The van der Waals surface area contributed by atoms with Crippen LogP contribution in [0.15, 0.2) is 24.3 Å². The van der Waals surface area contributed by atoms with Crippen LogP contribution in [0.3, 0.4) is 0 Å². The number of rotatable bonds is 9. The Kier molecular flexibility index (Phi) is 6.93. The Labute approximate surface area is 113 Å². The zero-order valence-corrected chi connectivity index (χ0v) is 11.3. The quantitative estimate of drug-likeness (QED) is 0.687. The fourth-order valence-electron chi connectivity index (χ4n) is 1.88. The molecule has 0 heterocycles. The molecule has 4 heteroatoms. The molecule has 0 radical (unpaired) electrons. The van der Waals surface area contributed by atoms with Crippen molar-refractivity contribution in [1.82, 2.24) is 0 Å². The van der Waals surface area contributed by atoms with Gasteiger partial charge < -0.3 is 9.84 Å². The zero-order chi connectivity index (χ0) is 14.1. The molecule has 1 aromatic rings. The summed E-state index contributed by atoms with van der Waals surface area (Å²) in [6.07, 6.45) is 2.80. The van der Waals surface area contributed by atoms with Gasteiger partial charge in [-0.25, -0.2) is 9.18 Å². The molecule has 0 amide bonds. The summed E-state index contributed by atoms with van der Waals surface area (Å²) >= 11 is 0. The Hall–Kier alpha value is -1.58. The summed E-state index contributed by atoms with van der Waals surface area (Å²) in [4.78, 5) is 10.9. The van der Waals surface area contributed by atoms with Crippen LogP contribution in [0.5, 0.6) is 5.75 Å². The van der Waals surface area contributed by atoms with Crippen molar-refractivity contribution in [3.8, 4) is 5.75 Å². The molecule has 1 unspecified atom stereocenters. The molecule has 19 heavy (non-hydrogen) atoms. The Bertz CT molecular complexity index is 393. The van der Waals surface area contributed by atoms with Gasteiger partial charge in [-0.05, 0) is 37.8 Å². The van der Waals surface area contributed by atoms with Gasteiger partial charge >= 0.3 is 5.97 Å². The third kappa shape index (κ3) is 5.73. The van der Waals surface area contributed by atoms with Crippen LogP contribution in [0.25, 0.3) is 0 Å². The van der Waals surface area contributed by atoms with E-state index in [1.165, 1.54) is 6.07 Å². The van der Waals surface area contributed by atoms with Crippen molar-refractivity contribution >= 4 is 5.97 Å². The van der Waals surface area contributed by atoms with Crippen LogP contribution in [-0.4, -0.2) is 23.9 Å². The lowest BCUT2D eigenvalue weighted by atomic mass is 10.1. The van der Waals surface area contributed by atoms with E-state index in [1.807, 2.05) is 6.92 Å². The van der Waals surface area contributed by atoms with E-state index < -0.39 is 12.1 Å². The van der Waals surface area contributed by atoms with Gasteiger partial charge in [0, 0.05) is 0 Å². The number of carbonyl (C=O) groups is 1. The first-order valence-electron chi connectivity index (χ1n) is 6.74. The van der Waals surface area contributed by atoms with Gasteiger partial charge in [0.15, 0.2) is 0 Å². The molecule has 106 valence electrons. The highest BCUT2D eigenvalue weighted by Gasteiger charge is 2.10. The van der Waals surface area contributed by atoms with Gasteiger partial charge in [-0.1, -0.05) is 25.5 Å². The van der Waals surface area contributed by atoms with E-state index in [1.54, 1.807) is 18.2 Å². The van der Waals surface area contributed by atoms with E-state index >= 15 is 0 Å². The van der Waals surface area contributed by atoms with Gasteiger partial charge in [-0.2, -0.15) is 0 Å². The molecular formula is C15H21FO3. The highest BCUT2D eigenvalue weighted by atomic mass is 19.1. The number of hydrogen-bond acceptors (Lipinski definition) is 2. The number of para-hydroxylation sites is 1. The number of benzene rings is 1. The summed E-state index contributed by atoms with van der Waals surface area (Å²) in [6, 6.07) is 6.55. The molecule has 1 N–H and O–H groups in total. The van der Waals surface area contributed by atoms with Gasteiger partial charge in [0.05, 0.1) is 6.61 Å². The first kappa shape index (κ1) is 15.5. The molecule has 0 saturated carbocycles. The maximum atomic E-state index is 13.2. The van der Waals surface area contributed by atoms with E-state index in [9.17, 15) is 9.18 Å². The molecule has 1 atom stereocenters. The molecule has 0 aliphatic carbocycles. The van der Waals surface area contributed by atoms with E-state index in [4.69, 9.17) is 9.84 Å². The molecular weight excluding hydrogens is 247 g/mol. The number of hydrogen-bond donors (Lipinski definition) is 1. The molecule has 0 spiro atoms. The Balaban J connectivity index is 2.28. The second-order valence-corrected chi connectivity index (χ2v) is 4.53. The number of halogens is 1. The van der Waals surface area contributed by atoms with Crippen molar-refractivity contribution in [1.29, 1.82) is 0 Å². The van der Waals surface area contributed by atoms with E-state index in [0.29, 0.717) is 25.2 Å². The average molecular weight is 268 g/mol. The molecule has 0 aliphatic heterocycles. The Morgan fingerprint density at radius 1 is 1.32 bits per heavy atom. The van der Waals surface area contributed by atoms with Crippen molar-refractivity contribution in [2.45, 2.75) is 45.2 Å². The third-order valence-corrected chi connectivity index (χ3v) is 2.89. The highest BCUT2D eigenvalue weighted by molar-refractivity contribution is 5.90. The van der Waals surface area contributed by atoms with Crippen molar-refractivity contribution < 1.29 is 19.0 Å². The van der Waals surface area contributed by atoms with Gasteiger partial charge in [0.25, 0.3) is 0 Å². The normalized spacial score (nSPS) is 12.1. The number of ether oxygens (including phenoxy) is 1. The third-order valence-electron chi connectivity index (χ3n) is 2.89. The molecule has 0 fully saturated rings. The van der Waals surface area contributed by atoms with Gasteiger partial charge in [-0.3, -0.25) is 0 Å². The predicted molar refractivity (Wildman–Crippen MR) is 72.6 cm³/mol. The zero-order valence-electron chi connectivity index (χ0n) is 11.3. The summed E-state index contributed by atoms with van der Waals surface area (Å²) in [6.45, 7) is 2.39. The topological polar surface area (TPSA) is 46.5 Å². The second-order valence-electron chi connectivity index (χ2n) is 4.53. The molecule has 3 nitrogen and oxygen atoms in total. The SMILES string of the molecule is CCCC(F)CCCCOc1ccccc1C(=O)O. The first-order chi connectivity index (χ1) is 9.15. The number of aromatic carboxylic acids is 1. The standard InChI is InChI=1S/C15H21FO3/c1-2-7-12(16)8-5-6-11-19-14-10-4-3-9-13(14)15(17)18/h3-4,9-10,12H,2,5-8,11H2,1H3,(H,17,18). The van der Waals surface area contributed by atoms with Crippen LogP contribution in [0, 0.1) is 0 Å². The summed E-state index contributed by atoms with van der Waals surface area (Å²) < 4.78 is 18.6. The highest BCUT2D eigenvalue weighted by Crippen LogP contribution is 2.18. The van der Waals surface area contributed by atoms with Gasteiger partial charge in [-0.15, -0.1) is 0 Å². The van der Waals surface area contributed by atoms with Crippen molar-refractivity contribution in [3.63, 3.8) is 0 Å². The van der Waals surface area contributed by atoms with Crippen molar-refractivity contribution in [3.05, 3.63) is 29.8 Å². The maximum Gasteiger partial charge on any atom is 0.339 e. The number of carboxylic acid groups (broad SMARTS) is 1. The lowest BCUT2D eigenvalue weighted by molar-refractivity contribution is 0.0692. The molecule has 0 bridgehead atoms. The number of carboxylic acids is 1. The van der Waals surface area contributed by atoms with Crippen LogP contribution in [0.2, 0.25) is 0 Å². The number of unbranched alkanes of at least 4 members (excludes halogenated alkanes) is 1. The van der Waals surface area contributed by atoms with Crippen LogP contribution < -0.4 is 4.74 Å². The largest absolute Gasteiger partial charge is 0.493 e. The summed E-state index contributed by atoms with van der Waals surface area (Å²) in [5.41, 5.74) is 0.164. The van der Waals surface area contributed by atoms with Gasteiger partial charge in [0.1, 0.15) is 17.5 Å². The smallest absolute Gasteiger partial charge is 0.339 e. The fraction of sp³-hybridized carbons (Fsp3) is 0.533. The van der Waals surface area contributed by atoms with E-state index in [-0.39, 0.29) is 5.56 Å². The van der Waals surface area contributed by atoms with E-state index in [0.717, 1.165) is 19.3 Å². The number of alkyl halides is 1. The Morgan fingerprint density at radius 2 is 2.05 bits per heavy atom. The lowest BCUT2D eigenvalue weighted by Gasteiger charge is -2.09. The molecule has 0 aliphatic rings. The monoisotopic (exact) mass is 268 g/mol. The second kappa shape index (κ2) is 8.51. The van der Waals surface area contributed by atoms with Crippen LogP contribution in [-0.2, 0) is 0 Å². The molecule has 0 saturated heterocycles. The minimum absolute atomic E-state index is 0.164. The van der Waals surface area contributed by atoms with Crippen LogP contribution in [0.1, 0.15) is 49.4 Å². The van der Waals surface area contributed by atoms with E-state index in [2.05, 4.69) is 0 Å². The molecule has 1 aromatic carbocycles. The van der Waals surface area contributed by atoms with Gasteiger partial charge in [0.2, 0.25) is 0 Å². The first-order valence-corrected chi connectivity index (χ1v) is 6.74. The van der Waals surface area contributed by atoms with Crippen LogP contribution in [0.4, 0.5) is 4.39 Å². The molecule has 0 aromatic heterocycles. The average Bonchev–Trinajstić information content (AvgIpc) is 2.39. The minimum atomic E-state index is -0.998. The van der Waals surface area contributed by atoms with Crippen molar-refractivity contribution in [2.75, 3.05) is 6.61 Å². The maximum absolute atomic E-state index is 13.2. The van der Waals surface area contributed by atoms with Crippen molar-refractivity contribution in [2.24, 2.45) is 0 Å². The minimum Gasteiger partial charge on any atom is -0.493 e. The lowest BCUT2D eigenvalue weighted by Crippen LogP contribution is -2.05.